The monoisotopic (exact) mass is 1160 g/mol. The van der Waals surface area contributed by atoms with Crippen LogP contribution < -0.4 is 11.1 Å². The van der Waals surface area contributed by atoms with E-state index in [0.717, 1.165) is 5.57 Å². The van der Waals surface area contributed by atoms with Crippen LogP contribution in [0.3, 0.4) is 0 Å². The predicted octanol–water partition coefficient (Wildman–Crippen LogP) is 11.3. The largest absolute Gasteiger partial charge is 0.481 e. The van der Waals surface area contributed by atoms with Crippen molar-refractivity contribution in [1.29, 1.82) is 0 Å². The molecular formula is C45H94I2N2O15. The molecule has 1 saturated carbocycles. The number of ether oxygens (including phenoxy) is 1. The number of nitrogens with one attached hydrogen (secondary N) is 1. The van der Waals surface area contributed by atoms with E-state index in [0.29, 0.717) is 0 Å². The van der Waals surface area contributed by atoms with E-state index in [2.05, 4.69) is 55.7 Å². The van der Waals surface area contributed by atoms with Crippen molar-refractivity contribution in [2.24, 2.45) is 28.4 Å². The Morgan fingerprint density at radius 3 is 1.23 bits per heavy atom. The standard InChI is InChI=1S/C16H25NO7.C10H16O6.C7H11NO2.C3H6.9CH4.I2/c1-5-11(13(19)20)8-16(4,15(22)23)9-12(18)17-6-7-24-14(21)10(2)3;1-3-6(8(13)14)4-10(2,9(15)16)5-7(11)12;1-5(2)3-6(9)4-7(8)10;1-2-3-1;;;;;;;;;;1-2/h11H,2,5-9H2,1,3-4H3,(H,17,18)(H,19,20)(H,22,23);6H,3-5H2,1-2H3,(H,11,12)(H,13,14)(H,15,16);1,3-4H2,2H3,(H2,8,10);1-3H2;9*1H4;. The molecule has 0 aromatic carbocycles. The molecule has 1 aliphatic rings. The molecule has 0 aromatic rings. The van der Waals surface area contributed by atoms with Crippen molar-refractivity contribution < 1.29 is 73.4 Å². The summed E-state index contributed by atoms with van der Waals surface area (Å²) in [6.45, 7) is 16.0. The third-order valence-corrected chi connectivity index (χ3v) is 7.43. The second-order valence-corrected chi connectivity index (χ2v) is 13.4. The Hall–Kier alpha value is -3.63. The second-order valence-electron chi connectivity index (χ2n) is 13.4. The fraction of sp³-hybridized carbons (Fsp3) is 0.711. The van der Waals surface area contributed by atoms with E-state index in [1.54, 1.807) is 20.8 Å². The van der Waals surface area contributed by atoms with Gasteiger partial charge in [-0.2, -0.15) is 0 Å². The van der Waals surface area contributed by atoms with Crippen LogP contribution in [-0.2, 0) is 47.9 Å². The number of halogens is 2. The van der Waals surface area contributed by atoms with Crippen molar-refractivity contribution in [3.05, 3.63) is 24.3 Å². The number of ketones is 1. The second kappa shape index (κ2) is 52.0. The van der Waals surface area contributed by atoms with Crippen molar-refractivity contribution in [2.45, 2.75) is 179 Å². The van der Waals surface area contributed by atoms with Crippen molar-refractivity contribution in [2.75, 3.05) is 13.2 Å². The van der Waals surface area contributed by atoms with Crippen LogP contribution in [0.15, 0.2) is 24.3 Å². The minimum atomic E-state index is -1.54. The van der Waals surface area contributed by atoms with E-state index in [-0.39, 0.29) is 136 Å². The predicted molar refractivity (Wildman–Crippen MR) is 280 cm³/mol. The number of carboxylic acids is 5. The smallest absolute Gasteiger partial charge is 0.333 e. The SMILES string of the molecule is C.C.C.C.C.C.C.C.C.C1CC1.C=C(C)C(=O)OCCNC(=O)CC(C)(CC(CC)C(=O)O)C(=O)O.C=C(C)CC(=O)CC(N)=O.CCC(CC(C)(CC(=O)O)C(=O)O)C(=O)O.II. The number of esters is 1. The zero-order valence-corrected chi connectivity index (χ0v) is 36.7. The lowest BCUT2D eigenvalue weighted by atomic mass is 9.77. The number of hydrogen-bond acceptors (Lipinski definition) is 10. The van der Waals surface area contributed by atoms with E-state index in [4.69, 9.17) is 30.9 Å². The molecule has 2 amide bonds. The number of allylic oxidation sites excluding steroid dienone is 1. The Kier molecular flexibility index (Phi) is 77.0. The summed E-state index contributed by atoms with van der Waals surface area (Å²) in [5.41, 5.74) is 2.75. The average molecular weight is 1160 g/mol. The number of amides is 2. The highest BCUT2D eigenvalue weighted by atomic mass is 128. The molecule has 1 rings (SSSR count). The zero-order chi connectivity index (χ0) is 44.1. The molecule has 0 radical (unpaired) electrons. The molecule has 0 heterocycles. The molecule has 388 valence electrons. The molecule has 0 saturated heterocycles. The van der Waals surface area contributed by atoms with Crippen LogP contribution in [0.5, 0.6) is 0 Å². The maximum atomic E-state index is 11.9. The molecule has 0 bridgehead atoms. The maximum Gasteiger partial charge on any atom is 0.333 e. The molecule has 4 unspecified atom stereocenters. The van der Waals surface area contributed by atoms with Crippen LogP contribution in [0, 0.1) is 22.7 Å². The van der Waals surface area contributed by atoms with Crippen LogP contribution in [0.25, 0.3) is 0 Å². The molecule has 0 aliphatic heterocycles. The molecule has 19 heteroatoms. The molecule has 4 atom stereocenters. The quantitative estimate of drug-likeness (QED) is 0.0132. The summed E-state index contributed by atoms with van der Waals surface area (Å²) < 4.78 is 4.80. The summed E-state index contributed by atoms with van der Waals surface area (Å²) in [5, 5.41) is 47.3. The van der Waals surface area contributed by atoms with Crippen LogP contribution >= 0.6 is 37.2 Å². The van der Waals surface area contributed by atoms with Crippen molar-refractivity contribution >= 4 is 90.6 Å². The number of hydrogen-bond donors (Lipinski definition) is 7. The number of nitrogens with two attached hydrogens (primary N) is 1. The summed E-state index contributed by atoms with van der Waals surface area (Å²) >= 11 is 4.24. The Balaban J connectivity index is -0.0000000519. The van der Waals surface area contributed by atoms with Gasteiger partial charge in [0.15, 0.2) is 0 Å². The van der Waals surface area contributed by atoms with Gasteiger partial charge in [-0.05, 0) is 53.4 Å². The summed E-state index contributed by atoms with van der Waals surface area (Å²) in [6.07, 6.45) is 3.86. The van der Waals surface area contributed by atoms with Gasteiger partial charge in [-0.3, -0.25) is 38.4 Å². The first-order valence-electron chi connectivity index (χ1n) is 17.1. The van der Waals surface area contributed by atoms with Crippen LogP contribution in [0.4, 0.5) is 0 Å². The van der Waals surface area contributed by atoms with E-state index in [1.807, 2.05) is 0 Å². The highest BCUT2D eigenvalue weighted by Crippen LogP contribution is 2.33. The zero-order valence-electron chi connectivity index (χ0n) is 32.4. The van der Waals surface area contributed by atoms with E-state index in [9.17, 15) is 48.3 Å². The first kappa shape index (κ1) is 94.8. The van der Waals surface area contributed by atoms with Gasteiger partial charge in [0.1, 0.15) is 12.4 Å². The normalized spacial score (nSPS) is 11.9. The summed E-state index contributed by atoms with van der Waals surface area (Å²) in [7, 11) is 0. The van der Waals surface area contributed by atoms with Gasteiger partial charge in [0.05, 0.1) is 42.1 Å². The first-order chi connectivity index (χ1) is 25.3. The summed E-state index contributed by atoms with van der Waals surface area (Å²) in [4.78, 5) is 98.8. The number of carbonyl (C=O) groups excluding carboxylic acids is 4. The fourth-order valence-electron chi connectivity index (χ4n) is 4.17. The molecular weight excluding hydrogens is 1060 g/mol. The Morgan fingerprint density at radius 1 is 0.656 bits per heavy atom. The number of rotatable bonds is 22. The molecule has 1 fully saturated rings. The van der Waals surface area contributed by atoms with Gasteiger partial charge in [-0.25, -0.2) is 4.79 Å². The Bertz CT molecular complexity index is 1320. The summed E-state index contributed by atoms with van der Waals surface area (Å²) in [5.74, 6) is -9.48. The lowest BCUT2D eigenvalue weighted by Crippen LogP contribution is -2.39. The van der Waals surface area contributed by atoms with Gasteiger partial charge in [0, 0.05) is 55.6 Å². The van der Waals surface area contributed by atoms with Gasteiger partial charge in [-0.1, -0.05) is 119 Å². The average Bonchev–Trinajstić information content (AvgIpc) is 3.94. The molecule has 8 N–H and O–H groups in total. The topological polar surface area (TPSA) is 302 Å². The summed E-state index contributed by atoms with van der Waals surface area (Å²) in [6, 6.07) is 0. The molecule has 0 aromatic heterocycles. The van der Waals surface area contributed by atoms with Crippen LogP contribution in [-0.4, -0.2) is 92.1 Å². The highest BCUT2D eigenvalue weighted by Gasteiger charge is 2.40. The third-order valence-electron chi connectivity index (χ3n) is 7.43. The van der Waals surface area contributed by atoms with E-state index < -0.39 is 76.7 Å². The number of carboxylic acid groups (broad SMARTS) is 5. The molecule has 64 heavy (non-hydrogen) atoms. The van der Waals surface area contributed by atoms with Gasteiger partial charge in [0.2, 0.25) is 11.8 Å². The van der Waals surface area contributed by atoms with E-state index >= 15 is 0 Å². The number of primary amides is 1. The highest BCUT2D eigenvalue weighted by molar-refractivity contribution is 15.0. The fourth-order valence-corrected chi connectivity index (χ4v) is 4.17. The van der Waals surface area contributed by atoms with Crippen molar-refractivity contribution in [3.8, 4) is 0 Å². The van der Waals surface area contributed by atoms with Crippen LogP contribution in [0.2, 0.25) is 0 Å². The van der Waals surface area contributed by atoms with Gasteiger partial charge in [0.25, 0.3) is 0 Å². The van der Waals surface area contributed by atoms with Gasteiger partial charge >= 0.3 is 35.8 Å². The van der Waals surface area contributed by atoms with E-state index in [1.165, 1.54) is 40.0 Å². The maximum absolute atomic E-state index is 11.9. The number of carbonyl (C=O) groups is 9. The number of aliphatic carboxylic acids is 5. The van der Waals surface area contributed by atoms with Crippen LogP contribution in [0.1, 0.15) is 179 Å². The Labute approximate surface area is 411 Å². The van der Waals surface area contributed by atoms with Crippen molar-refractivity contribution in [3.63, 3.8) is 0 Å². The first-order valence-corrected chi connectivity index (χ1v) is 23.4. The minimum absolute atomic E-state index is 0. The molecule has 1 aliphatic carbocycles. The van der Waals surface area contributed by atoms with Gasteiger partial charge < -0.3 is 41.3 Å². The lowest BCUT2D eigenvalue weighted by molar-refractivity contribution is -0.157. The van der Waals surface area contributed by atoms with Crippen molar-refractivity contribution in [1.82, 2.24) is 5.32 Å². The Morgan fingerprint density at radius 2 is 1.00 bits per heavy atom. The molecule has 0 spiro atoms. The third kappa shape index (κ3) is 52.7. The van der Waals surface area contributed by atoms with Gasteiger partial charge in [-0.15, -0.1) is 0 Å². The number of Topliss-reactive ketones (excluding diaryl/α,β-unsaturated/α-hetero) is 1. The minimum Gasteiger partial charge on any atom is -0.481 e. The molecule has 17 nitrogen and oxygen atoms in total. The lowest BCUT2D eigenvalue weighted by Gasteiger charge is -2.27.